The Morgan fingerprint density at radius 1 is 1.19 bits per heavy atom. The zero-order valence-electron chi connectivity index (χ0n) is 11.1. The van der Waals surface area contributed by atoms with Crippen LogP contribution in [0.4, 0.5) is 14.9 Å². The second-order valence-corrected chi connectivity index (χ2v) is 5.11. The highest BCUT2D eigenvalue weighted by Crippen LogP contribution is 2.17. The monoisotopic (exact) mass is 352 g/mol. The van der Waals surface area contributed by atoms with Crippen molar-refractivity contribution in [1.29, 1.82) is 0 Å². The minimum absolute atomic E-state index is 0.344. The highest BCUT2D eigenvalue weighted by molar-refractivity contribution is 9.10. The van der Waals surface area contributed by atoms with E-state index in [4.69, 9.17) is 4.74 Å². The van der Waals surface area contributed by atoms with Gasteiger partial charge in [-0.2, -0.15) is 0 Å². The van der Waals surface area contributed by atoms with Crippen LogP contribution >= 0.6 is 15.9 Å². The predicted octanol–water partition coefficient (Wildman–Crippen LogP) is 3.79. The number of hydrogen-bond acceptors (Lipinski definition) is 2. The Hall–Kier alpha value is -2.08. The Morgan fingerprint density at radius 3 is 2.67 bits per heavy atom. The molecule has 4 nitrogen and oxygen atoms in total. The first-order valence-electron chi connectivity index (χ1n) is 6.32. The molecule has 0 fully saturated rings. The number of hydrogen-bond donors (Lipinski definition) is 2. The molecule has 6 heteroatoms. The normalized spacial score (nSPS) is 10.0. The van der Waals surface area contributed by atoms with Crippen LogP contribution in [0, 0.1) is 5.82 Å². The molecule has 110 valence electrons. The van der Waals surface area contributed by atoms with E-state index in [1.165, 1.54) is 24.3 Å². The summed E-state index contributed by atoms with van der Waals surface area (Å²) in [5.41, 5.74) is 0.529. The molecule has 0 bridgehead atoms. The van der Waals surface area contributed by atoms with Crippen molar-refractivity contribution in [2.45, 2.75) is 0 Å². The first kappa shape index (κ1) is 15.3. The van der Waals surface area contributed by atoms with Crippen molar-refractivity contribution in [2.75, 3.05) is 18.5 Å². The standard InChI is InChI=1S/C15H14BrFN2O2/c16-11-2-1-3-14(10-11)21-9-8-18-15(20)19-13-6-4-12(17)5-7-13/h1-7,10H,8-9H2,(H2,18,19,20). The van der Waals surface area contributed by atoms with Crippen molar-refractivity contribution in [3.8, 4) is 5.75 Å². The lowest BCUT2D eigenvalue weighted by atomic mass is 10.3. The van der Waals surface area contributed by atoms with Gasteiger partial charge in [-0.15, -0.1) is 0 Å². The zero-order valence-corrected chi connectivity index (χ0v) is 12.7. The molecule has 0 saturated heterocycles. The fraction of sp³-hybridized carbons (Fsp3) is 0.133. The van der Waals surface area contributed by atoms with Crippen LogP contribution in [-0.4, -0.2) is 19.2 Å². The molecule has 2 aromatic carbocycles. The van der Waals surface area contributed by atoms with Gasteiger partial charge in [-0.25, -0.2) is 9.18 Å². The summed E-state index contributed by atoms with van der Waals surface area (Å²) in [6.07, 6.45) is 0. The topological polar surface area (TPSA) is 50.4 Å². The van der Waals surface area contributed by atoms with E-state index in [1.807, 2.05) is 24.3 Å². The summed E-state index contributed by atoms with van der Waals surface area (Å²) in [6.45, 7) is 0.715. The summed E-state index contributed by atoms with van der Waals surface area (Å²) >= 11 is 3.35. The van der Waals surface area contributed by atoms with Gasteiger partial charge in [-0.05, 0) is 42.5 Å². The average Bonchev–Trinajstić information content (AvgIpc) is 2.46. The highest BCUT2D eigenvalue weighted by atomic mass is 79.9. The van der Waals surface area contributed by atoms with Gasteiger partial charge in [0.15, 0.2) is 0 Å². The second kappa shape index (κ2) is 7.64. The number of urea groups is 1. The molecule has 2 aromatic rings. The third-order valence-electron chi connectivity index (χ3n) is 2.55. The zero-order chi connectivity index (χ0) is 15.1. The number of carbonyl (C=O) groups excluding carboxylic acids is 1. The molecule has 0 radical (unpaired) electrons. The predicted molar refractivity (Wildman–Crippen MR) is 83.1 cm³/mol. The third-order valence-corrected chi connectivity index (χ3v) is 3.05. The number of ether oxygens (including phenoxy) is 1. The van der Waals surface area contributed by atoms with Gasteiger partial charge in [0.2, 0.25) is 0 Å². The van der Waals surface area contributed by atoms with E-state index in [9.17, 15) is 9.18 Å². The quantitative estimate of drug-likeness (QED) is 0.804. The number of amides is 2. The SMILES string of the molecule is O=C(NCCOc1cccc(Br)c1)Nc1ccc(F)cc1. The summed E-state index contributed by atoms with van der Waals surface area (Å²) in [6, 6.07) is 12.6. The molecule has 0 aromatic heterocycles. The first-order valence-corrected chi connectivity index (χ1v) is 7.11. The highest BCUT2D eigenvalue weighted by Gasteiger charge is 2.01. The molecule has 0 aliphatic heterocycles. The van der Waals surface area contributed by atoms with Crippen molar-refractivity contribution < 1.29 is 13.9 Å². The van der Waals surface area contributed by atoms with E-state index in [2.05, 4.69) is 26.6 Å². The van der Waals surface area contributed by atoms with Gasteiger partial charge in [-0.3, -0.25) is 0 Å². The molecule has 0 aliphatic rings. The molecular formula is C15H14BrFN2O2. The Morgan fingerprint density at radius 2 is 1.95 bits per heavy atom. The van der Waals surface area contributed by atoms with Gasteiger partial charge in [-0.1, -0.05) is 22.0 Å². The van der Waals surface area contributed by atoms with Gasteiger partial charge in [0.25, 0.3) is 0 Å². The number of nitrogens with one attached hydrogen (secondary N) is 2. The number of halogens is 2. The van der Waals surface area contributed by atoms with E-state index in [0.717, 1.165) is 10.2 Å². The largest absolute Gasteiger partial charge is 0.492 e. The first-order chi connectivity index (χ1) is 10.1. The van der Waals surface area contributed by atoms with Crippen molar-refractivity contribution in [3.05, 3.63) is 58.8 Å². The molecule has 21 heavy (non-hydrogen) atoms. The number of carbonyl (C=O) groups is 1. The third kappa shape index (κ3) is 5.43. The number of anilines is 1. The lowest BCUT2D eigenvalue weighted by Gasteiger charge is -2.09. The smallest absolute Gasteiger partial charge is 0.319 e. The molecule has 0 aliphatic carbocycles. The molecular weight excluding hydrogens is 339 g/mol. The lowest BCUT2D eigenvalue weighted by molar-refractivity contribution is 0.247. The Bertz CT molecular complexity index is 605. The van der Waals surface area contributed by atoms with Crippen LogP contribution in [0.15, 0.2) is 53.0 Å². The van der Waals surface area contributed by atoms with Gasteiger partial charge in [0, 0.05) is 10.2 Å². The summed E-state index contributed by atoms with van der Waals surface area (Å²) in [5.74, 6) is 0.383. The van der Waals surface area contributed by atoms with E-state index >= 15 is 0 Å². The van der Waals surface area contributed by atoms with Crippen LogP contribution in [0.2, 0.25) is 0 Å². The molecule has 2 N–H and O–H groups in total. The summed E-state index contributed by atoms with van der Waals surface area (Å²) in [5, 5.41) is 5.25. The maximum Gasteiger partial charge on any atom is 0.319 e. The molecule has 2 amide bonds. The number of benzene rings is 2. The molecule has 0 atom stereocenters. The molecule has 2 rings (SSSR count). The molecule has 0 spiro atoms. The maximum absolute atomic E-state index is 12.7. The minimum Gasteiger partial charge on any atom is -0.492 e. The Kier molecular flexibility index (Phi) is 5.57. The minimum atomic E-state index is -0.362. The van der Waals surface area contributed by atoms with Crippen LogP contribution < -0.4 is 15.4 Å². The van der Waals surface area contributed by atoms with Gasteiger partial charge in [0.05, 0.1) is 6.54 Å². The van der Waals surface area contributed by atoms with Crippen LogP contribution in [0.1, 0.15) is 0 Å². The Balaban J connectivity index is 1.68. The number of rotatable bonds is 5. The van der Waals surface area contributed by atoms with Crippen LogP contribution in [-0.2, 0) is 0 Å². The van der Waals surface area contributed by atoms with Gasteiger partial charge < -0.3 is 15.4 Å². The van der Waals surface area contributed by atoms with Crippen LogP contribution in [0.3, 0.4) is 0 Å². The fourth-order valence-corrected chi connectivity index (χ4v) is 1.98. The van der Waals surface area contributed by atoms with Crippen LogP contribution in [0.25, 0.3) is 0 Å². The van der Waals surface area contributed by atoms with E-state index in [0.29, 0.717) is 18.8 Å². The van der Waals surface area contributed by atoms with Crippen molar-refractivity contribution in [1.82, 2.24) is 5.32 Å². The van der Waals surface area contributed by atoms with E-state index in [1.54, 1.807) is 0 Å². The lowest BCUT2D eigenvalue weighted by Crippen LogP contribution is -2.32. The van der Waals surface area contributed by atoms with E-state index in [-0.39, 0.29) is 11.8 Å². The van der Waals surface area contributed by atoms with Crippen molar-refractivity contribution >= 4 is 27.6 Å². The van der Waals surface area contributed by atoms with Crippen molar-refractivity contribution in [3.63, 3.8) is 0 Å². The molecule has 0 saturated carbocycles. The average molecular weight is 353 g/mol. The van der Waals surface area contributed by atoms with E-state index < -0.39 is 0 Å². The Labute approximate surface area is 130 Å². The van der Waals surface area contributed by atoms with Gasteiger partial charge >= 0.3 is 6.03 Å². The summed E-state index contributed by atoms with van der Waals surface area (Å²) in [4.78, 5) is 11.6. The molecule has 0 unspecified atom stereocenters. The maximum atomic E-state index is 12.7. The molecule has 0 heterocycles. The fourth-order valence-electron chi connectivity index (χ4n) is 1.60. The second-order valence-electron chi connectivity index (χ2n) is 4.19. The van der Waals surface area contributed by atoms with Crippen molar-refractivity contribution in [2.24, 2.45) is 0 Å². The summed E-state index contributed by atoms with van der Waals surface area (Å²) < 4.78 is 19.1. The summed E-state index contributed by atoms with van der Waals surface area (Å²) in [7, 11) is 0. The van der Waals surface area contributed by atoms with Gasteiger partial charge in [0.1, 0.15) is 18.2 Å². The van der Waals surface area contributed by atoms with Crippen LogP contribution in [0.5, 0.6) is 5.75 Å².